The van der Waals surface area contributed by atoms with Crippen LogP contribution in [0.3, 0.4) is 0 Å². The van der Waals surface area contributed by atoms with Gasteiger partial charge in [0.25, 0.3) is 0 Å². The predicted octanol–water partition coefficient (Wildman–Crippen LogP) is 1.32. The summed E-state index contributed by atoms with van der Waals surface area (Å²) < 4.78 is 5.73. The zero-order chi connectivity index (χ0) is 15.4. The van der Waals surface area contributed by atoms with E-state index in [1.807, 2.05) is 24.0 Å². The summed E-state index contributed by atoms with van der Waals surface area (Å²) in [6.07, 6.45) is 7.01. The minimum absolute atomic E-state index is 0.0846. The molecule has 0 bridgehead atoms. The lowest BCUT2D eigenvalue weighted by Crippen LogP contribution is -2.43. The molecule has 0 saturated carbocycles. The Balaban J connectivity index is 1.65. The van der Waals surface area contributed by atoms with Crippen molar-refractivity contribution in [2.75, 3.05) is 19.7 Å². The number of hydrogen-bond acceptors (Lipinski definition) is 5. The molecular weight excluding hydrogens is 280 g/mol. The molecule has 2 aromatic heterocycles. The van der Waals surface area contributed by atoms with Gasteiger partial charge in [-0.05, 0) is 18.6 Å². The first kappa shape index (κ1) is 14.6. The molecule has 0 N–H and O–H groups in total. The van der Waals surface area contributed by atoms with Crippen molar-refractivity contribution in [1.29, 1.82) is 0 Å². The molecule has 114 valence electrons. The first-order valence-electron chi connectivity index (χ1n) is 7.29. The molecule has 6 heteroatoms. The second kappa shape index (κ2) is 6.62. The van der Waals surface area contributed by atoms with Crippen LogP contribution < -0.4 is 0 Å². The van der Waals surface area contributed by atoms with E-state index in [2.05, 4.69) is 15.0 Å². The summed E-state index contributed by atoms with van der Waals surface area (Å²) in [6.45, 7) is 3.52. The molecule has 1 atom stereocenters. The molecule has 0 radical (unpaired) electrons. The first-order valence-corrected chi connectivity index (χ1v) is 7.29. The average molecular weight is 298 g/mol. The summed E-state index contributed by atoms with van der Waals surface area (Å²) in [7, 11) is 0. The van der Waals surface area contributed by atoms with Gasteiger partial charge in [0.2, 0.25) is 5.91 Å². The minimum Gasteiger partial charge on any atom is -0.368 e. The maximum atomic E-state index is 12.4. The molecule has 0 aromatic carbocycles. The Hall–Kier alpha value is -2.34. The van der Waals surface area contributed by atoms with Crippen molar-refractivity contribution in [3.05, 3.63) is 53.9 Å². The second-order valence-electron chi connectivity index (χ2n) is 5.32. The maximum Gasteiger partial charge on any atom is 0.227 e. The van der Waals surface area contributed by atoms with Crippen molar-refractivity contribution in [3.8, 4) is 0 Å². The van der Waals surface area contributed by atoms with Gasteiger partial charge in [-0.2, -0.15) is 0 Å². The number of hydrogen-bond donors (Lipinski definition) is 0. The van der Waals surface area contributed by atoms with Crippen LogP contribution >= 0.6 is 0 Å². The summed E-state index contributed by atoms with van der Waals surface area (Å²) in [5.74, 6) is 0.0846. The van der Waals surface area contributed by atoms with Crippen LogP contribution in [0.2, 0.25) is 0 Å². The SMILES string of the molecule is Cc1cnc(C2CN(C(=O)Cc3cccnc3)CCO2)cn1. The molecule has 3 rings (SSSR count). The molecule has 6 nitrogen and oxygen atoms in total. The van der Waals surface area contributed by atoms with Gasteiger partial charge in [0.1, 0.15) is 6.10 Å². The predicted molar refractivity (Wildman–Crippen MR) is 80.0 cm³/mol. The number of aromatic nitrogens is 3. The molecule has 1 amide bonds. The molecule has 0 spiro atoms. The van der Waals surface area contributed by atoms with E-state index in [9.17, 15) is 4.79 Å². The van der Waals surface area contributed by atoms with E-state index in [0.717, 1.165) is 17.0 Å². The molecule has 1 aliphatic heterocycles. The molecule has 0 aliphatic carbocycles. The third-order valence-corrected chi connectivity index (χ3v) is 3.63. The Morgan fingerprint density at radius 1 is 1.36 bits per heavy atom. The molecule has 3 heterocycles. The van der Waals surface area contributed by atoms with Gasteiger partial charge in [-0.25, -0.2) is 0 Å². The highest BCUT2D eigenvalue weighted by Crippen LogP contribution is 2.20. The molecule has 2 aromatic rings. The number of carbonyl (C=O) groups excluding carboxylic acids is 1. The van der Waals surface area contributed by atoms with Gasteiger partial charge < -0.3 is 9.64 Å². The van der Waals surface area contributed by atoms with E-state index in [-0.39, 0.29) is 12.0 Å². The first-order chi connectivity index (χ1) is 10.7. The lowest BCUT2D eigenvalue weighted by Gasteiger charge is -2.32. The highest BCUT2D eigenvalue weighted by Gasteiger charge is 2.26. The molecule has 22 heavy (non-hydrogen) atoms. The molecule has 1 saturated heterocycles. The third kappa shape index (κ3) is 3.46. The third-order valence-electron chi connectivity index (χ3n) is 3.63. The van der Waals surface area contributed by atoms with E-state index in [0.29, 0.717) is 26.1 Å². The van der Waals surface area contributed by atoms with E-state index in [1.54, 1.807) is 24.8 Å². The molecule has 1 aliphatic rings. The fraction of sp³-hybridized carbons (Fsp3) is 0.375. The largest absolute Gasteiger partial charge is 0.368 e. The fourth-order valence-corrected chi connectivity index (χ4v) is 2.41. The van der Waals surface area contributed by atoms with Crippen molar-refractivity contribution < 1.29 is 9.53 Å². The standard InChI is InChI=1S/C16H18N4O2/c1-12-8-19-14(10-18-12)15-11-20(5-6-22-15)16(21)7-13-3-2-4-17-9-13/h2-4,8-10,15H,5-7,11H2,1H3. The molecular formula is C16H18N4O2. The molecule has 1 fully saturated rings. The van der Waals surface area contributed by atoms with Crippen molar-refractivity contribution in [2.24, 2.45) is 0 Å². The van der Waals surface area contributed by atoms with E-state index in [1.165, 1.54) is 0 Å². The van der Waals surface area contributed by atoms with Crippen LogP contribution in [0.5, 0.6) is 0 Å². The number of ether oxygens (including phenoxy) is 1. The van der Waals surface area contributed by atoms with Gasteiger partial charge >= 0.3 is 0 Å². The van der Waals surface area contributed by atoms with Crippen LogP contribution in [0.25, 0.3) is 0 Å². The number of pyridine rings is 1. The van der Waals surface area contributed by atoms with Gasteiger partial charge in [-0.3, -0.25) is 19.7 Å². The van der Waals surface area contributed by atoms with Crippen LogP contribution in [-0.2, 0) is 16.0 Å². The smallest absolute Gasteiger partial charge is 0.227 e. The zero-order valence-corrected chi connectivity index (χ0v) is 12.5. The maximum absolute atomic E-state index is 12.4. The Morgan fingerprint density at radius 2 is 2.27 bits per heavy atom. The van der Waals surface area contributed by atoms with Gasteiger partial charge in [0.15, 0.2) is 0 Å². The van der Waals surface area contributed by atoms with Crippen molar-refractivity contribution >= 4 is 5.91 Å². The van der Waals surface area contributed by atoms with Gasteiger partial charge in [0.05, 0.1) is 37.2 Å². The summed E-state index contributed by atoms with van der Waals surface area (Å²) in [5.41, 5.74) is 2.55. The number of nitrogens with zero attached hydrogens (tertiary/aromatic N) is 4. The van der Waals surface area contributed by atoms with Crippen molar-refractivity contribution in [3.63, 3.8) is 0 Å². The second-order valence-corrected chi connectivity index (χ2v) is 5.32. The number of rotatable bonds is 3. The highest BCUT2D eigenvalue weighted by molar-refractivity contribution is 5.78. The van der Waals surface area contributed by atoms with Crippen molar-refractivity contribution in [2.45, 2.75) is 19.4 Å². The van der Waals surface area contributed by atoms with E-state index < -0.39 is 0 Å². The van der Waals surface area contributed by atoms with Crippen LogP contribution in [0, 0.1) is 6.92 Å². The summed E-state index contributed by atoms with van der Waals surface area (Å²) in [5, 5.41) is 0. The molecule has 1 unspecified atom stereocenters. The lowest BCUT2D eigenvalue weighted by atomic mass is 10.1. The number of aryl methyl sites for hydroxylation is 1. The van der Waals surface area contributed by atoms with Gasteiger partial charge in [-0.15, -0.1) is 0 Å². The van der Waals surface area contributed by atoms with Crippen LogP contribution in [-0.4, -0.2) is 45.5 Å². The average Bonchev–Trinajstić information content (AvgIpc) is 2.56. The van der Waals surface area contributed by atoms with Gasteiger partial charge in [-0.1, -0.05) is 6.07 Å². The van der Waals surface area contributed by atoms with Crippen LogP contribution in [0.15, 0.2) is 36.9 Å². The van der Waals surface area contributed by atoms with Gasteiger partial charge in [0, 0.05) is 25.1 Å². The zero-order valence-electron chi connectivity index (χ0n) is 12.5. The summed E-state index contributed by atoms with van der Waals surface area (Å²) >= 11 is 0. The monoisotopic (exact) mass is 298 g/mol. The van der Waals surface area contributed by atoms with E-state index >= 15 is 0 Å². The van der Waals surface area contributed by atoms with Crippen molar-refractivity contribution in [1.82, 2.24) is 19.9 Å². The highest BCUT2D eigenvalue weighted by atomic mass is 16.5. The lowest BCUT2D eigenvalue weighted by molar-refractivity contribution is -0.138. The van der Waals surface area contributed by atoms with E-state index in [4.69, 9.17) is 4.74 Å². The van der Waals surface area contributed by atoms with Crippen LogP contribution in [0.4, 0.5) is 0 Å². The van der Waals surface area contributed by atoms with Crippen LogP contribution in [0.1, 0.15) is 23.1 Å². The topological polar surface area (TPSA) is 68.2 Å². The normalized spacial score (nSPS) is 18.2. The number of morpholine rings is 1. The Kier molecular flexibility index (Phi) is 4.39. The Morgan fingerprint density at radius 3 is 3.00 bits per heavy atom. The fourth-order valence-electron chi connectivity index (χ4n) is 2.41. The minimum atomic E-state index is -0.209. The number of carbonyl (C=O) groups is 1. The Bertz CT molecular complexity index is 630. The Labute approximate surface area is 129 Å². The number of amides is 1. The quantitative estimate of drug-likeness (QED) is 0.855. The summed E-state index contributed by atoms with van der Waals surface area (Å²) in [6, 6.07) is 3.75. The summed E-state index contributed by atoms with van der Waals surface area (Å²) in [4.78, 5) is 26.8.